The molecule has 0 radical (unpaired) electrons. The van der Waals surface area contributed by atoms with E-state index in [1.807, 2.05) is 18.2 Å². The fourth-order valence-electron chi connectivity index (χ4n) is 4.27. The normalized spacial score (nSPS) is 13.9. The molecule has 1 aliphatic heterocycles. The Bertz CT molecular complexity index is 1050. The number of aliphatic hydroxyl groups is 2. The van der Waals surface area contributed by atoms with Gasteiger partial charge in [-0.2, -0.15) is 0 Å². The molecular formula is C27H36N4O5. The summed E-state index contributed by atoms with van der Waals surface area (Å²) in [6.45, 7) is 3.23. The Morgan fingerprint density at radius 2 is 1.92 bits per heavy atom. The van der Waals surface area contributed by atoms with Gasteiger partial charge in [-0.05, 0) is 42.2 Å². The van der Waals surface area contributed by atoms with Gasteiger partial charge >= 0.3 is 0 Å². The number of nitrogens with one attached hydrogen (secondary N) is 2. The van der Waals surface area contributed by atoms with Gasteiger partial charge in [0.25, 0.3) is 5.91 Å². The number of fused-ring (bicyclic) bond motifs is 1. The van der Waals surface area contributed by atoms with Crippen molar-refractivity contribution in [3.63, 3.8) is 0 Å². The predicted octanol–water partition coefficient (Wildman–Crippen LogP) is 2.31. The van der Waals surface area contributed by atoms with Gasteiger partial charge in [-0.15, -0.1) is 0 Å². The van der Waals surface area contributed by atoms with Crippen molar-refractivity contribution < 1.29 is 24.5 Å². The fourth-order valence-corrected chi connectivity index (χ4v) is 4.27. The van der Waals surface area contributed by atoms with E-state index in [0.717, 1.165) is 36.8 Å². The average Bonchev–Trinajstić information content (AvgIpc) is 2.86. The molecule has 0 saturated carbocycles. The number of nitrogens with two attached hydrogens (primary N) is 1. The monoisotopic (exact) mass is 496 g/mol. The lowest BCUT2D eigenvalue weighted by Gasteiger charge is -2.35. The third kappa shape index (κ3) is 7.29. The number of benzene rings is 2. The first-order valence-corrected chi connectivity index (χ1v) is 12.4. The van der Waals surface area contributed by atoms with Crippen LogP contribution in [0.5, 0.6) is 5.75 Å². The molecule has 0 bridgehead atoms. The topological polar surface area (TPSA) is 149 Å². The van der Waals surface area contributed by atoms with E-state index in [0.29, 0.717) is 43.0 Å². The minimum atomic E-state index is -1.70. The quantitative estimate of drug-likeness (QED) is 0.124. The van der Waals surface area contributed by atoms with Gasteiger partial charge in [0.05, 0.1) is 0 Å². The molecule has 36 heavy (non-hydrogen) atoms. The first-order chi connectivity index (χ1) is 17.3. The minimum Gasteiger partial charge on any atom is -0.489 e. The number of nitrogens with zero attached hydrogens (tertiary/aromatic N) is 1. The summed E-state index contributed by atoms with van der Waals surface area (Å²) in [6, 6.07) is 11.5. The first kappa shape index (κ1) is 27.2. The largest absolute Gasteiger partial charge is 0.489 e. The van der Waals surface area contributed by atoms with Crippen LogP contribution in [0.15, 0.2) is 42.5 Å². The molecule has 1 aliphatic rings. The summed E-state index contributed by atoms with van der Waals surface area (Å²) in [7, 11) is 0. The molecule has 9 nitrogen and oxygen atoms in total. The zero-order valence-electron chi connectivity index (χ0n) is 20.7. The summed E-state index contributed by atoms with van der Waals surface area (Å²) in [4.78, 5) is 27.5. The number of carbonyl (C=O) groups excluding carboxylic acids is 2. The van der Waals surface area contributed by atoms with E-state index in [1.54, 1.807) is 24.3 Å². The second-order valence-electron chi connectivity index (χ2n) is 9.05. The van der Waals surface area contributed by atoms with Crippen molar-refractivity contribution in [2.45, 2.75) is 64.4 Å². The number of hydrogen-bond donors (Lipinski definition) is 5. The SMILES string of the molecule is CCCCCCNC(=O)C(CC(O)O)N1CCc2cc(OCc3ccc(C(=N)N)cc3)ccc2C1=O. The Labute approximate surface area is 211 Å². The van der Waals surface area contributed by atoms with Crippen LogP contribution < -0.4 is 15.8 Å². The van der Waals surface area contributed by atoms with Gasteiger partial charge in [-0.1, -0.05) is 50.5 Å². The maximum atomic E-state index is 13.3. The number of amidine groups is 1. The Morgan fingerprint density at radius 1 is 1.17 bits per heavy atom. The number of hydrogen-bond acceptors (Lipinski definition) is 6. The Hall–Kier alpha value is -3.43. The van der Waals surface area contributed by atoms with Crippen LogP contribution >= 0.6 is 0 Å². The molecule has 0 saturated heterocycles. The third-order valence-corrected chi connectivity index (χ3v) is 6.30. The minimum absolute atomic E-state index is 0.0102. The van der Waals surface area contributed by atoms with Crippen molar-refractivity contribution in [3.05, 3.63) is 64.7 Å². The number of aliphatic hydroxyl groups excluding tert-OH is 1. The second kappa shape index (κ2) is 13.0. The van der Waals surface area contributed by atoms with Gasteiger partial charge < -0.3 is 30.9 Å². The first-order valence-electron chi connectivity index (χ1n) is 12.4. The lowest BCUT2D eigenvalue weighted by Crippen LogP contribution is -2.53. The maximum absolute atomic E-state index is 13.3. The Balaban J connectivity index is 1.64. The van der Waals surface area contributed by atoms with Gasteiger partial charge in [-0.25, -0.2) is 0 Å². The molecule has 194 valence electrons. The predicted molar refractivity (Wildman–Crippen MR) is 137 cm³/mol. The van der Waals surface area contributed by atoms with Crippen LogP contribution in [0.1, 0.15) is 66.1 Å². The molecule has 0 aliphatic carbocycles. The highest BCUT2D eigenvalue weighted by atomic mass is 16.5. The average molecular weight is 497 g/mol. The molecule has 2 amide bonds. The Morgan fingerprint density at radius 3 is 2.58 bits per heavy atom. The van der Waals surface area contributed by atoms with E-state index in [9.17, 15) is 19.8 Å². The maximum Gasteiger partial charge on any atom is 0.254 e. The van der Waals surface area contributed by atoms with Gasteiger partial charge in [0.2, 0.25) is 5.91 Å². The zero-order chi connectivity index (χ0) is 26.1. The van der Waals surface area contributed by atoms with Gasteiger partial charge in [0, 0.05) is 30.6 Å². The smallest absolute Gasteiger partial charge is 0.254 e. The number of amides is 2. The van der Waals surface area contributed by atoms with E-state index in [1.165, 1.54) is 4.90 Å². The van der Waals surface area contributed by atoms with Crippen molar-refractivity contribution in [2.75, 3.05) is 13.1 Å². The van der Waals surface area contributed by atoms with Crippen LogP contribution in [0.3, 0.4) is 0 Å². The van der Waals surface area contributed by atoms with Crippen LogP contribution in [0.4, 0.5) is 0 Å². The standard InChI is InChI=1S/C27H36N4O5/c1-2-3-4-5-13-30-26(34)23(16-24(32)33)31-14-12-20-15-21(10-11-22(20)27(31)35)36-17-18-6-8-19(9-7-18)25(28)29/h6-11,15,23-24,32-33H,2-5,12-14,16-17H2,1H3,(H3,28,29)(H,30,34). The van der Waals surface area contributed by atoms with Gasteiger partial charge in [-0.3, -0.25) is 15.0 Å². The molecule has 1 heterocycles. The van der Waals surface area contributed by atoms with E-state index >= 15 is 0 Å². The zero-order valence-corrected chi connectivity index (χ0v) is 20.7. The lowest BCUT2D eigenvalue weighted by molar-refractivity contribution is -0.130. The second-order valence-corrected chi connectivity index (χ2v) is 9.05. The summed E-state index contributed by atoms with van der Waals surface area (Å²) < 4.78 is 5.89. The molecule has 2 aromatic carbocycles. The summed E-state index contributed by atoms with van der Waals surface area (Å²) in [5.74, 6) is -0.0459. The molecular weight excluding hydrogens is 460 g/mol. The molecule has 9 heteroatoms. The summed E-state index contributed by atoms with van der Waals surface area (Å²) in [5, 5.41) is 29.4. The van der Waals surface area contributed by atoms with E-state index < -0.39 is 12.3 Å². The van der Waals surface area contributed by atoms with Crippen molar-refractivity contribution in [1.29, 1.82) is 5.41 Å². The molecule has 2 aromatic rings. The highest BCUT2D eigenvalue weighted by Crippen LogP contribution is 2.26. The summed E-state index contributed by atoms with van der Waals surface area (Å²) in [6.07, 6.45) is 2.61. The van der Waals surface area contributed by atoms with E-state index in [4.69, 9.17) is 15.9 Å². The Kier molecular flexibility index (Phi) is 9.84. The molecule has 3 rings (SSSR count). The van der Waals surface area contributed by atoms with Crippen LogP contribution in [0, 0.1) is 5.41 Å². The van der Waals surface area contributed by atoms with Crippen LogP contribution in [-0.2, 0) is 17.8 Å². The molecule has 1 unspecified atom stereocenters. The summed E-state index contributed by atoms with van der Waals surface area (Å²) >= 11 is 0. The highest BCUT2D eigenvalue weighted by molar-refractivity contribution is 5.99. The van der Waals surface area contributed by atoms with Crippen molar-refractivity contribution in [1.82, 2.24) is 10.2 Å². The molecule has 6 N–H and O–H groups in total. The van der Waals surface area contributed by atoms with Crippen molar-refractivity contribution in [3.8, 4) is 5.75 Å². The number of carbonyl (C=O) groups is 2. The molecule has 1 atom stereocenters. The van der Waals surface area contributed by atoms with Gasteiger partial charge in [0.15, 0.2) is 6.29 Å². The molecule has 0 fully saturated rings. The van der Waals surface area contributed by atoms with Gasteiger partial charge in [0.1, 0.15) is 24.2 Å². The number of unbranched alkanes of at least 4 members (excludes halogenated alkanes) is 3. The van der Waals surface area contributed by atoms with E-state index in [-0.39, 0.29) is 24.1 Å². The lowest BCUT2D eigenvalue weighted by atomic mass is 9.96. The number of nitrogen functional groups attached to an aromatic ring is 1. The van der Waals surface area contributed by atoms with Crippen molar-refractivity contribution in [2.24, 2.45) is 5.73 Å². The highest BCUT2D eigenvalue weighted by Gasteiger charge is 2.35. The molecule has 0 spiro atoms. The molecule has 0 aromatic heterocycles. The summed E-state index contributed by atoms with van der Waals surface area (Å²) in [5.41, 5.74) is 8.36. The van der Waals surface area contributed by atoms with Crippen molar-refractivity contribution >= 4 is 17.6 Å². The third-order valence-electron chi connectivity index (χ3n) is 6.30. The van der Waals surface area contributed by atoms with Crippen LogP contribution in [0.25, 0.3) is 0 Å². The van der Waals surface area contributed by atoms with Crippen LogP contribution in [0.2, 0.25) is 0 Å². The fraction of sp³-hybridized carbons (Fsp3) is 0.444. The number of rotatable bonds is 13. The van der Waals surface area contributed by atoms with Crippen LogP contribution in [-0.4, -0.2) is 58.2 Å². The van der Waals surface area contributed by atoms with E-state index in [2.05, 4.69) is 12.2 Å². The number of ether oxygens (including phenoxy) is 1.